The van der Waals surface area contributed by atoms with E-state index in [0.717, 1.165) is 5.56 Å². The van der Waals surface area contributed by atoms with Crippen LogP contribution in [-0.2, 0) is 7.05 Å². The van der Waals surface area contributed by atoms with Crippen molar-refractivity contribution in [3.05, 3.63) is 47.4 Å². The molecule has 0 saturated heterocycles. The summed E-state index contributed by atoms with van der Waals surface area (Å²) in [5, 5.41) is 19.7. The van der Waals surface area contributed by atoms with Crippen molar-refractivity contribution in [2.24, 2.45) is 7.05 Å². The quantitative estimate of drug-likeness (QED) is 0.528. The SMILES string of the molecule is COc1cc(C(=O)NC(C)(C)CO)ccc1Nc1ncc(Cl)c(-c2cnn(C)c2)n1. The molecule has 3 N–H and O–H groups in total. The number of aliphatic hydroxyl groups excluding tert-OH is 1. The molecule has 158 valence electrons. The molecule has 0 radical (unpaired) electrons. The molecule has 10 heteroatoms. The maximum Gasteiger partial charge on any atom is 0.251 e. The van der Waals surface area contributed by atoms with Crippen LogP contribution < -0.4 is 15.4 Å². The molecule has 0 unspecified atom stereocenters. The van der Waals surface area contributed by atoms with Gasteiger partial charge in [0.25, 0.3) is 5.91 Å². The Morgan fingerprint density at radius 2 is 2.10 bits per heavy atom. The maximum absolute atomic E-state index is 12.5. The van der Waals surface area contributed by atoms with Gasteiger partial charge in [0.1, 0.15) is 5.75 Å². The van der Waals surface area contributed by atoms with Crippen LogP contribution in [0.25, 0.3) is 11.3 Å². The fourth-order valence-electron chi connectivity index (χ4n) is 2.65. The number of amides is 1. The monoisotopic (exact) mass is 430 g/mol. The summed E-state index contributed by atoms with van der Waals surface area (Å²) < 4.78 is 7.08. The number of rotatable bonds is 7. The standard InChI is InChI=1S/C20H23ClN6O3/c1-20(2,11-28)26-18(29)12-5-6-15(16(7-12)30-4)24-19-22-9-14(21)17(25-19)13-8-23-27(3)10-13/h5-10,28H,11H2,1-4H3,(H,26,29)(H,22,24,25). The van der Waals surface area contributed by atoms with Crippen molar-refractivity contribution >= 4 is 29.1 Å². The van der Waals surface area contributed by atoms with E-state index >= 15 is 0 Å². The van der Waals surface area contributed by atoms with Crippen molar-refractivity contribution in [2.45, 2.75) is 19.4 Å². The van der Waals surface area contributed by atoms with Crippen LogP contribution >= 0.6 is 11.6 Å². The van der Waals surface area contributed by atoms with Crippen LogP contribution in [0.3, 0.4) is 0 Å². The number of aryl methyl sites for hydroxylation is 1. The van der Waals surface area contributed by atoms with Crippen molar-refractivity contribution in [1.82, 2.24) is 25.1 Å². The molecule has 0 spiro atoms. The number of aromatic nitrogens is 4. The number of ether oxygens (including phenoxy) is 1. The molecular formula is C20H23ClN6O3. The van der Waals surface area contributed by atoms with E-state index in [9.17, 15) is 9.90 Å². The van der Waals surface area contributed by atoms with Gasteiger partial charge in [-0.3, -0.25) is 9.48 Å². The van der Waals surface area contributed by atoms with E-state index < -0.39 is 5.54 Å². The third-order valence-electron chi connectivity index (χ3n) is 4.28. The van der Waals surface area contributed by atoms with Crippen molar-refractivity contribution in [2.75, 3.05) is 19.0 Å². The molecular weight excluding hydrogens is 408 g/mol. The first kappa shape index (κ1) is 21.5. The van der Waals surface area contributed by atoms with Gasteiger partial charge < -0.3 is 20.5 Å². The number of halogens is 1. The number of hydrogen-bond acceptors (Lipinski definition) is 7. The van der Waals surface area contributed by atoms with Crippen LogP contribution in [0.4, 0.5) is 11.6 Å². The van der Waals surface area contributed by atoms with Crippen LogP contribution in [-0.4, -0.2) is 50.0 Å². The normalized spacial score (nSPS) is 11.3. The van der Waals surface area contributed by atoms with E-state index in [1.165, 1.54) is 13.3 Å². The minimum absolute atomic E-state index is 0.178. The predicted molar refractivity (Wildman–Crippen MR) is 114 cm³/mol. The average Bonchev–Trinajstić information content (AvgIpc) is 3.15. The summed E-state index contributed by atoms with van der Waals surface area (Å²) in [6.07, 6.45) is 4.98. The molecule has 2 aromatic heterocycles. The minimum atomic E-state index is -0.735. The number of carbonyl (C=O) groups excluding carboxylic acids is 1. The van der Waals surface area contributed by atoms with Crippen LogP contribution in [0.1, 0.15) is 24.2 Å². The molecule has 0 aliphatic heterocycles. The lowest BCUT2D eigenvalue weighted by Crippen LogP contribution is -2.46. The van der Waals surface area contributed by atoms with Gasteiger partial charge in [-0.25, -0.2) is 9.97 Å². The lowest BCUT2D eigenvalue weighted by Gasteiger charge is -2.23. The summed E-state index contributed by atoms with van der Waals surface area (Å²) in [4.78, 5) is 21.1. The molecule has 1 amide bonds. The molecule has 3 rings (SSSR count). The second-order valence-electron chi connectivity index (χ2n) is 7.33. The zero-order valence-corrected chi connectivity index (χ0v) is 17.9. The molecule has 30 heavy (non-hydrogen) atoms. The lowest BCUT2D eigenvalue weighted by molar-refractivity contribution is 0.0869. The second kappa shape index (κ2) is 8.68. The second-order valence-corrected chi connectivity index (χ2v) is 7.74. The van der Waals surface area contributed by atoms with Crippen LogP contribution in [0.15, 0.2) is 36.8 Å². The highest BCUT2D eigenvalue weighted by atomic mass is 35.5. The van der Waals surface area contributed by atoms with Crippen LogP contribution in [0.5, 0.6) is 5.75 Å². The number of methoxy groups -OCH3 is 1. The van der Waals surface area contributed by atoms with E-state index in [1.54, 1.807) is 49.1 Å². The zero-order chi connectivity index (χ0) is 21.9. The van der Waals surface area contributed by atoms with Crippen LogP contribution in [0, 0.1) is 0 Å². The van der Waals surface area contributed by atoms with Crippen molar-refractivity contribution in [1.29, 1.82) is 0 Å². The number of carbonyl (C=O) groups is 1. The molecule has 1 aromatic carbocycles. The number of hydrogen-bond donors (Lipinski definition) is 3. The van der Waals surface area contributed by atoms with E-state index in [1.807, 2.05) is 7.05 Å². The van der Waals surface area contributed by atoms with Crippen molar-refractivity contribution < 1.29 is 14.6 Å². The summed E-state index contributed by atoms with van der Waals surface area (Å²) in [6, 6.07) is 4.94. The Labute approximate surface area is 179 Å². The number of nitrogens with one attached hydrogen (secondary N) is 2. The Morgan fingerprint density at radius 1 is 1.33 bits per heavy atom. The molecule has 3 aromatic rings. The zero-order valence-electron chi connectivity index (χ0n) is 17.1. The lowest BCUT2D eigenvalue weighted by atomic mass is 10.1. The fourth-order valence-corrected chi connectivity index (χ4v) is 2.85. The average molecular weight is 431 g/mol. The van der Waals surface area contributed by atoms with E-state index in [0.29, 0.717) is 33.7 Å². The van der Waals surface area contributed by atoms with Gasteiger partial charge in [0.15, 0.2) is 0 Å². The molecule has 9 nitrogen and oxygen atoms in total. The molecule has 0 aliphatic rings. The number of anilines is 2. The largest absolute Gasteiger partial charge is 0.495 e. The Hall–Kier alpha value is -3.17. The van der Waals surface area contributed by atoms with Gasteiger partial charge in [0.05, 0.1) is 48.1 Å². The Balaban J connectivity index is 1.86. The van der Waals surface area contributed by atoms with Gasteiger partial charge in [0, 0.05) is 24.4 Å². The summed E-state index contributed by atoms with van der Waals surface area (Å²) in [5.41, 5.74) is 1.55. The van der Waals surface area contributed by atoms with Gasteiger partial charge in [-0.1, -0.05) is 11.6 Å². The van der Waals surface area contributed by atoms with Gasteiger partial charge in [-0.15, -0.1) is 0 Å². The number of benzene rings is 1. The highest BCUT2D eigenvalue weighted by molar-refractivity contribution is 6.32. The van der Waals surface area contributed by atoms with Gasteiger partial charge >= 0.3 is 0 Å². The molecule has 0 fully saturated rings. The molecule has 0 atom stereocenters. The Morgan fingerprint density at radius 3 is 2.73 bits per heavy atom. The first-order valence-corrected chi connectivity index (χ1v) is 9.50. The van der Waals surface area contributed by atoms with E-state index in [-0.39, 0.29) is 12.5 Å². The van der Waals surface area contributed by atoms with Crippen molar-refractivity contribution in [3.63, 3.8) is 0 Å². The topological polar surface area (TPSA) is 114 Å². The fraction of sp³-hybridized carbons (Fsp3) is 0.300. The molecule has 0 bridgehead atoms. The molecule has 0 aliphatic carbocycles. The number of nitrogens with zero attached hydrogens (tertiary/aromatic N) is 4. The Kier molecular flexibility index (Phi) is 6.23. The minimum Gasteiger partial charge on any atom is -0.495 e. The van der Waals surface area contributed by atoms with Gasteiger partial charge in [-0.05, 0) is 32.0 Å². The third-order valence-corrected chi connectivity index (χ3v) is 4.56. The molecule has 2 heterocycles. The number of aliphatic hydroxyl groups is 1. The third kappa shape index (κ3) is 4.87. The van der Waals surface area contributed by atoms with E-state index in [4.69, 9.17) is 16.3 Å². The van der Waals surface area contributed by atoms with Crippen LogP contribution in [0.2, 0.25) is 5.02 Å². The molecule has 0 saturated carbocycles. The summed E-state index contributed by atoms with van der Waals surface area (Å²) in [5.74, 6) is 0.432. The summed E-state index contributed by atoms with van der Waals surface area (Å²) >= 11 is 6.25. The maximum atomic E-state index is 12.5. The Bertz CT molecular complexity index is 1070. The highest BCUT2D eigenvalue weighted by Crippen LogP contribution is 2.30. The highest BCUT2D eigenvalue weighted by Gasteiger charge is 2.21. The van der Waals surface area contributed by atoms with Gasteiger partial charge in [0.2, 0.25) is 5.95 Å². The first-order valence-electron chi connectivity index (χ1n) is 9.12. The van der Waals surface area contributed by atoms with Crippen molar-refractivity contribution in [3.8, 4) is 17.0 Å². The summed E-state index contributed by atoms with van der Waals surface area (Å²) in [6.45, 7) is 3.29. The smallest absolute Gasteiger partial charge is 0.251 e. The van der Waals surface area contributed by atoms with E-state index in [2.05, 4.69) is 25.7 Å². The summed E-state index contributed by atoms with van der Waals surface area (Å²) in [7, 11) is 3.31. The first-order chi connectivity index (χ1) is 14.2. The van der Waals surface area contributed by atoms with Gasteiger partial charge in [-0.2, -0.15) is 5.10 Å². The predicted octanol–water partition coefficient (Wildman–Crippen LogP) is 2.78.